The first kappa shape index (κ1) is 28.9. The zero-order valence-corrected chi connectivity index (χ0v) is 24.2. The van der Waals surface area contributed by atoms with Gasteiger partial charge in [-0.15, -0.1) is 0 Å². The van der Waals surface area contributed by atoms with Crippen molar-refractivity contribution in [1.82, 2.24) is 4.90 Å². The molecule has 2 aliphatic heterocycles. The van der Waals surface area contributed by atoms with Crippen molar-refractivity contribution in [3.8, 4) is 0 Å². The van der Waals surface area contributed by atoms with E-state index in [1.807, 2.05) is 24.3 Å². The number of likely N-dealkylation sites (tertiary alicyclic amines) is 1. The number of esters is 1. The Hall–Kier alpha value is -4.08. The molecule has 0 aliphatic carbocycles. The number of para-hydroxylation sites is 1. The average Bonchev–Trinajstić information content (AvgIpc) is 3.32. The van der Waals surface area contributed by atoms with Gasteiger partial charge < -0.3 is 19.5 Å². The van der Waals surface area contributed by atoms with Crippen LogP contribution in [0.1, 0.15) is 66.0 Å². The molecule has 3 atom stereocenters. The van der Waals surface area contributed by atoms with E-state index in [1.165, 1.54) is 23.8 Å². The number of rotatable bonds is 3. The van der Waals surface area contributed by atoms with Gasteiger partial charge in [0.1, 0.15) is 23.4 Å². The third kappa shape index (κ3) is 5.22. The van der Waals surface area contributed by atoms with Crippen molar-refractivity contribution in [1.29, 1.82) is 0 Å². The Labute approximate surface area is 234 Å². The quantitative estimate of drug-likeness (QED) is 0.412. The van der Waals surface area contributed by atoms with Gasteiger partial charge in [-0.2, -0.15) is 0 Å². The van der Waals surface area contributed by atoms with E-state index in [1.54, 1.807) is 65.8 Å². The average molecular weight is 552 g/mol. The summed E-state index contributed by atoms with van der Waals surface area (Å²) in [5.41, 5.74) is -0.101. The molecule has 1 N–H and O–H groups in total. The number of fused-ring (bicyclic) bond motifs is 3. The maximum absolute atomic E-state index is 13.9. The summed E-state index contributed by atoms with van der Waals surface area (Å²) in [7, 11) is 1.26. The third-order valence-corrected chi connectivity index (χ3v) is 6.83. The molecule has 0 spiro atoms. The summed E-state index contributed by atoms with van der Waals surface area (Å²) < 4.78 is 16.8. The lowest BCUT2D eigenvalue weighted by Crippen LogP contribution is -2.58. The zero-order valence-electron chi connectivity index (χ0n) is 24.2. The fourth-order valence-electron chi connectivity index (χ4n) is 5.56. The van der Waals surface area contributed by atoms with Crippen molar-refractivity contribution in [2.24, 2.45) is 0 Å². The Kier molecular flexibility index (Phi) is 7.34. The number of methoxy groups -OCH3 is 1. The second kappa shape index (κ2) is 10.1. The fraction of sp³-hybridized carbons (Fsp3) is 0.467. The number of benzene rings is 2. The van der Waals surface area contributed by atoms with Crippen molar-refractivity contribution in [2.45, 2.75) is 83.7 Å². The Morgan fingerprint density at radius 1 is 0.875 bits per heavy atom. The Morgan fingerprint density at radius 3 is 2.00 bits per heavy atom. The van der Waals surface area contributed by atoms with Gasteiger partial charge in [0, 0.05) is 12.6 Å². The number of ether oxygens (including phenoxy) is 3. The summed E-state index contributed by atoms with van der Waals surface area (Å²) in [4.78, 5) is 55.4. The van der Waals surface area contributed by atoms with Crippen LogP contribution in [0.15, 0.2) is 48.5 Å². The summed E-state index contributed by atoms with van der Waals surface area (Å²) in [5, 5.41) is 2.76. The first-order chi connectivity index (χ1) is 18.6. The van der Waals surface area contributed by atoms with Gasteiger partial charge in [0.05, 0.1) is 18.2 Å². The second-order valence-corrected chi connectivity index (χ2v) is 12.1. The van der Waals surface area contributed by atoms with Crippen molar-refractivity contribution in [3.05, 3.63) is 59.7 Å². The molecule has 214 valence electrons. The van der Waals surface area contributed by atoms with Crippen LogP contribution < -0.4 is 10.2 Å². The molecule has 40 heavy (non-hydrogen) atoms. The van der Waals surface area contributed by atoms with E-state index < -0.39 is 47.0 Å². The van der Waals surface area contributed by atoms with Gasteiger partial charge in [-0.3, -0.25) is 14.6 Å². The molecule has 0 bridgehead atoms. The number of nitrogens with one attached hydrogen (secondary N) is 1. The monoisotopic (exact) mass is 551 g/mol. The maximum Gasteiger partial charge on any atom is 0.416 e. The Morgan fingerprint density at radius 2 is 1.45 bits per heavy atom. The van der Waals surface area contributed by atoms with Crippen molar-refractivity contribution >= 4 is 35.4 Å². The summed E-state index contributed by atoms with van der Waals surface area (Å²) in [5.74, 6) is -0.843. The van der Waals surface area contributed by atoms with Crippen LogP contribution in [-0.4, -0.2) is 59.5 Å². The molecule has 2 aromatic carbocycles. The number of nitrogens with zero attached hydrogens (tertiary/aromatic N) is 2. The summed E-state index contributed by atoms with van der Waals surface area (Å²) in [6.45, 7) is 11.9. The first-order valence-electron chi connectivity index (χ1n) is 13.2. The summed E-state index contributed by atoms with van der Waals surface area (Å²) >= 11 is 0. The Balaban J connectivity index is 1.99. The molecule has 3 amide bonds. The maximum atomic E-state index is 13.9. The van der Waals surface area contributed by atoms with Crippen LogP contribution in [-0.2, 0) is 29.2 Å². The molecule has 0 radical (unpaired) electrons. The largest absolute Gasteiger partial charge is 0.467 e. The van der Waals surface area contributed by atoms with Gasteiger partial charge in [-0.25, -0.2) is 14.4 Å². The topological polar surface area (TPSA) is 114 Å². The lowest BCUT2D eigenvalue weighted by Gasteiger charge is -2.38. The van der Waals surface area contributed by atoms with Crippen LogP contribution in [0.4, 0.5) is 21.0 Å². The molecule has 2 aliphatic rings. The molecule has 1 fully saturated rings. The number of amides is 3. The van der Waals surface area contributed by atoms with E-state index in [-0.39, 0.29) is 12.3 Å². The van der Waals surface area contributed by atoms with Crippen molar-refractivity contribution in [2.75, 3.05) is 17.3 Å². The number of anilines is 2. The highest BCUT2D eigenvalue weighted by atomic mass is 16.6. The highest BCUT2D eigenvalue weighted by Crippen LogP contribution is 2.58. The number of hydrogen-bond donors (Lipinski definition) is 1. The summed E-state index contributed by atoms with van der Waals surface area (Å²) in [6.07, 6.45) is -2.31. The minimum Gasteiger partial charge on any atom is -0.467 e. The van der Waals surface area contributed by atoms with Crippen LogP contribution in [0.2, 0.25) is 0 Å². The molecular weight excluding hydrogens is 514 g/mol. The predicted molar refractivity (Wildman–Crippen MR) is 149 cm³/mol. The van der Waals surface area contributed by atoms with Gasteiger partial charge in [0.15, 0.2) is 0 Å². The lowest BCUT2D eigenvalue weighted by molar-refractivity contribution is -0.146. The van der Waals surface area contributed by atoms with Gasteiger partial charge in [0.2, 0.25) is 5.91 Å². The van der Waals surface area contributed by atoms with Crippen LogP contribution in [0.3, 0.4) is 0 Å². The van der Waals surface area contributed by atoms with E-state index in [2.05, 4.69) is 5.32 Å². The van der Waals surface area contributed by atoms with Gasteiger partial charge in [-0.1, -0.05) is 30.3 Å². The molecule has 0 unspecified atom stereocenters. The minimum absolute atomic E-state index is 0.124. The van der Waals surface area contributed by atoms with E-state index in [4.69, 9.17) is 14.2 Å². The van der Waals surface area contributed by atoms with Crippen molar-refractivity contribution in [3.63, 3.8) is 0 Å². The second-order valence-electron chi connectivity index (χ2n) is 12.1. The number of hydrogen-bond acceptors (Lipinski definition) is 7. The minimum atomic E-state index is -1.06. The fourth-order valence-corrected chi connectivity index (χ4v) is 5.56. The number of carbonyl (C=O) groups is 4. The smallest absolute Gasteiger partial charge is 0.416 e. The molecule has 10 nitrogen and oxygen atoms in total. The molecule has 4 rings (SSSR count). The number of carbonyl (C=O) groups excluding carboxylic acids is 4. The molecule has 2 aromatic rings. The normalized spacial score (nSPS) is 21.8. The predicted octanol–water partition coefficient (Wildman–Crippen LogP) is 5.19. The highest BCUT2D eigenvalue weighted by molar-refractivity contribution is 5.96. The first-order valence-corrected chi connectivity index (χ1v) is 13.2. The van der Waals surface area contributed by atoms with E-state index in [0.29, 0.717) is 11.4 Å². The molecule has 1 saturated heterocycles. The standard InChI is InChI=1S/C30H37N3O7/c1-18(34)31-20-15-13-19(14-16-20)30-17-23(24(35)38-8)33(27(37)40-29(5,6)7)25(30)32(26(36)39-28(2,3)4)22-12-10-9-11-21(22)30/h9-16,23,25H,17H2,1-8H3,(H,31,34)/t23-,25-,30+/m0/s1. The highest BCUT2D eigenvalue weighted by Gasteiger charge is 2.66. The van der Waals surface area contributed by atoms with Gasteiger partial charge in [0.25, 0.3) is 0 Å². The van der Waals surface area contributed by atoms with Crippen molar-refractivity contribution < 1.29 is 33.4 Å². The molecule has 2 heterocycles. The third-order valence-electron chi connectivity index (χ3n) is 6.83. The van der Waals surface area contributed by atoms with E-state index >= 15 is 0 Å². The Bertz CT molecular complexity index is 1330. The molecule has 0 aromatic heterocycles. The van der Waals surface area contributed by atoms with Crippen LogP contribution in [0.25, 0.3) is 0 Å². The van der Waals surface area contributed by atoms with Crippen LogP contribution in [0, 0.1) is 0 Å². The van der Waals surface area contributed by atoms with Gasteiger partial charge in [-0.05, 0) is 77.3 Å². The lowest BCUT2D eigenvalue weighted by atomic mass is 9.72. The van der Waals surface area contributed by atoms with E-state index in [9.17, 15) is 19.2 Å². The molecular formula is C30H37N3O7. The zero-order chi connectivity index (χ0) is 29.6. The summed E-state index contributed by atoms with van der Waals surface area (Å²) in [6, 6.07) is 13.5. The SMILES string of the molecule is COC(=O)[C@@H]1C[C@@]2(c3ccc(NC(C)=O)cc3)c3ccccc3N(C(=O)OC(C)(C)C)[C@H]2N1C(=O)OC(C)(C)C. The molecule has 10 heteroatoms. The van der Waals surface area contributed by atoms with Crippen LogP contribution in [0.5, 0.6) is 0 Å². The van der Waals surface area contributed by atoms with Crippen LogP contribution >= 0.6 is 0 Å². The van der Waals surface area contributed by atoms with E-state index in [0.717, 1.165) is 11.1 Å². The molecule has 0 saturated carbocycles. The van der Waals surface area contributed by atoms with Gasteiger partial charge >= 0.3 is 18.2 Å².